The molecule has 1 unspecified atom stereocenters. The van der Waals surface area contributed by atoms with Crippen LogP contribution in [0.3, 0.4) is 0 Å². The van der Waals surface area contributed by atoms with Crippen LogP contribution < -0.4 is 0 Å². The van der Waals surface area contributed by atoms with Crippen molar-refractivity contribution in [3.8, 4) is 0 Å². The minimum absolute atomic E-state index is 0.103. The van der Waals surface area contributed by atoms with Gasteiger partial charge in [0.15, 0.2) is 0 Å². The highest BCUT2D eigenvalue weighted by Gasteiger charge is 2.39. The van der Waals surface area contributed by atoms with E-state index in [4.69, 9.17) is 11.6 Å². The molecule has 3 heterocycles. The number of carbonyl (C=O) groups excluding carboxylic acids is 3. The number of fused-ring (bicyclic) bond motifs is 1. The summed E-state index contributed by atoms with van der Waals surface area (Å²) in [6.45, 7) is 0. The highest BCUT2D eigenvalue weighted by Crippen LogP contribution is 2.39. The molecule has 0 bridgehead atoms. The van der Waals surface area contributed by atoms with Crippen molar-refractivity contribution >= 4 is 35.2 Å². The molecule has 164 valence electrons. The summed E-state index contributed by atoms with van der Waals surface area (Å²) in [7, 11) is 2.50. The van der Waals surface area contributed by atoms with Crippen LogP contribution in [-0.2, 0) is 15.8 Å². The Labute approximate surface area is 184 Å². The molecule has 1 atom stereocenters. The highest BCUT2D eigenvalue weighted by molar-refractivity contribution is 6.32. The lowest BCUT2D eigenvalue weighted by molar-refractivity contribution is -0.138. The van der Waals surface area contributed by atoms with Crippen LogP contribution in [0.25, 0.3) is 0 Å². The standard InChI is InChI=1S/C21H14ClF3N4O3/c1-28-18(30)13(19(31)29(2)20(28)32)8-15-11-5-3-4-6-12(11)16(27-15)17-14(22)7-10(9-26-17)21(23,24)25/h3-9,16H,1-2H3. The quantitative estimate of drug-likeness (QED) is 0.504. The Morgan fingerprint density at radius 2 is 1.69 bits per heavy atom. The number of urea groups is 1. The molecule has 7 nitrogen and oxygen atoms in total. The molecule has 0 spiro atoms. The number of halogens is 4. The third kappa shape index (κ3) is 3.46. The smallest absolute Gasteiger partial charge is 0.270 e. The molecule has 1 aromatic heterocycles. The number of allylic oxidation sites excluding steroid dienone is 1. The molecule has 2 aromatic rings. The molecule has 1 fully saturated rings. The van der Waals surface area contributed by atoms with Gasteiger partial charge in [-0.3, -0.25) is 29.4 Å². The summed E-state index contributed by atoms with van der Waals surface area (Å²) >= 11 is 6.12. The van der Waals surface area contributed by atoms with Gasteiger partial charge in [0.2, 0.25) is 0 Å². The number of barbiturate groups is 1. The number of likely N-dealkylation sites (N-methyl/N-ethyl adjacent to an activating group) is 2. The number of imide groups is 2. The Morgan fingerprint density at radius 3 is 2.28 bits per heavy atom. The molecule has 4 amide bonds. The van der Waals surface area contributed by atoms with Gasteiger partial charge >= 0.3 is 12.2 Å². The second-order valence-electron chi connectivity index (χ2n) is 7.16. The van der Waals surface area contributed by atoms with E-state index < -0.39 is 35.6 Å². The van der Waals surface area contributed by atoms with Gasteiger partial charge in [-0.25, -0.2) is 4.79 Å². The van der Waals surface area contributed by atoms with E-state index in [-0.39, 0.29) is 22.0 Å². The zero-order valence-electron chi connectivity index (χ0n) is 16.6. The maximum absolute atomic E-state index is 13.0. The molecular formula is C21H14ClF3N4O3. The molecule has 11 heteroatoms. The van der Waals surface area contributed by atoms with Crippen LogP contribution in [0.15, 0.2) is 53.2 Å². The number of amides is 4. The number of aliphatic imine (C=N–C) groups is 1. The number of carbonyl (C=O) groups is 3. The summed E-state index contributed by atoms with van der Waals surface area (Å²) in [4.78, 5) is 47.0. The minimum Gasteiger partial charge on any atom is -0.270 e. The van der Waals surface area contributed by atoms with Gasteiger partial charge in [-0.05, 0) is 17.7 Å². The summed E-state index contributed by atoms with van der Waals surface area (Å²) in [5.74, 6) is -1.57. The lowest BCUT2D eigenvalue weighted by atomic mass is 9.98. The molecule has 32 heavy (non-hydrogen) atoms. The number of rotatable bonds is 2. The lowest BCUT2D eigenvalue weighted by Crippen LogP contribution is -2.53. The zero-order chi connectivity index (χ0) is 23.4. The monoisotopic (exact) mass is 462 g/mol. The minimum atomic E-state index is -4.60. The van der Waals surface area contributed by atoms with Crippen molar-refractivity contribution in [2.24, 2.45) is 4.99 Å². The van der Waals surface area contributed by atoms with Gasteiger partial charge in [0.25, 0.3) is 11.8 Å². The Hall–Kier alpha value is -3.53. The number of benzene rings is 1. The third-order valence-corrected chi connectivity index (χ3v) is 5.48. The van der Waals surface area contributed by atoms with Gasteiger partial charge in [-0.2, -0.15) is 13.2 Å². The Morgan fingerprint density at radius 1 is 1.06 bits per heavy atom. The molecule has 1 saturated heterocycles. The van der Waals surface area contributed by atoms with Gasteiger partial charge in [0.05, 0.1) is 22.0 Å². The van der Waals surface area contributed by atoms with Crippen molar-refractivity contribution < 1.29 is 27.6 Å². The Kier molecular flexibility index (Phi) is 5.12. The molecule has 0 aliphatic carbocycles. The molecule has 0 N–H and O–H groups in total. The predicted molar refractivity (Wildman–Crippen MR) is 108 cm³/mol. The van der Waals surface area contributed by atoms with E-state index in [1.807, 2.05) is 0 Å². The van der Waals surface area contributed by atoms with Crippen LogP contribution in [0.2, 0.25) is 5.02 Å². The molecule has 2 aliphatic heterocycles. The molecular weight excluding hydrogens is 449 g/mol. The van der Waals surface area contributed by atoms with Crippen molar-refractivity contribution in [3.63, 3.8) is 0 Å². The van der Waals surface area contributed by atoms with E-state index in [2.05, 4.69) is 9.98 Å². The van der Waals surface area contributed by atoms with Gasteiger partial charge < -0.3 is 0 Å². The van der Waals surface area contributed by atoms with Crippen molar-refractivity contribution in [1.29, 1.82) is 0 Å². The second-order valence-corrected chi connectivity index (χ2v) is 7.57. The third-order valence-electron chi connectivity index (χ3n) is 5.18. The fourth-order valence-electron chi connectivity index (χ4n) is 3.49. The number of hydrogen-bond acceptors (Lipinski definition) is 5. The van der Waals surface area contributed by atoms with E-state index in [1.54, 1.807) is 24.3 Å². The number of nitrogens with zero attached hydrogens (tertiary/aromatic N) is 4. The van der Waals surface area contributed by atoms with E-state index in [0.29, 0.717) is 17.3 Å². The number of alkyl halides is 3. The number of aromatic nitrogens is 1. The first-order valence-electron chi connectivity index (χ1n) is 9.22. The highest BCUT2D eigenvalue weighted by atomic mass is 35.5. The summed E-state index contributed by atoms with van der Waals surface area (Å²) in [6.07, 6.45) is -2.65. The fourth-order valence-corrected chi connectivity index (χ4v) is 3.76. The SMILES string of the molecule is CN1C(=O)C(=CC2=NC(c3ncc(C(F)(F)F)cc3Cl)c3ccccc32)C(=O)N(C)C1=O. The average Bonchev–Trinajstić information content (AvgIpc) is 3.11. The first-order chi connectivity index (χ1) is 15.0. The number of pyridine rings is 1. The number of hydrogen-bond donors (Lipinski definition) is 0. The summed E-state index contributed by atoms with van der Waals surface area (Å²) in [5.41, 5.74) is 0.253. The lowest BCUT2D eigenvalue weighted by Gasteiger charge is -2.28. The molecule has 0 saturated carbocycles. The van der Waals surface area contributed by atoms with Crippen LogP contribution >= 0.6 is 11.6 Å². The Bertz CT molecular complexity index is 1210. The summed E-state index contributed by atoms with van der Waals surface area (Å²) < 4.78 is 38.9. The van der Waals surface area contributed by atoms with Crippen LogP contribution in [-0.4, -0.2) is 52.4 Å². The molecule has 1 aromatic carbocycles. The molecule has 0 radical (unpaired) electrons. The topological polar surface area (TPSA) is 82.9 Å². The van der Waals surface area contributed by atoms with Gasteiger partial charge in [-0.1, -0.05) is 35.9 Å². The summed E-state index contributed by atoms with van der Waals surface area (Å²) in [5, 5.41) is -0.216. The fraction of sp³-hybridized carbons (Fsp3) is 0.190. The summed E-state index contributed by atoms with van der Waals surface area (Å²) in [6, 6.07) is 6.01. The van der Waals surface area contributed by atoms with Crippen molar-refractivity contribution in [2.75, 3.05) is 14.1 Å². The largest absolute Gasteiger partial charge is 0.417 e. The van der Waals surface area contributed by atoms with Crippen LogP contribution in [0.1, 0.15) is 28.4 Å². The van der Waals surface area contributed by atoms with E-state index >= 15 is 0 Å². The van der Waals surface area contributed by atoms with Crippen molar-refractivity contribution in [3.05, 3.63) is 75.6 Å². The van der Waals surface area contributed by atoms with Crippen molar-refractivity contribution in [1.82, 2.24) is 14.8 Å². The predicted octanol–water partition coefficient (Wildman–Crippen LogP) is 3.62. The van der Waals surface area contributed by atoms with E-state index in [1.165, 1.54) is 20.2 Å². The van der Waals surface area contributed by atoms with Crippen LogP contribution in [0, 0.1) is 0 Å². The van der Waals surface area contributed by atoms with Gasteiger partial charge in [-0.15, -0.1) is 0 Å². The van der Waals surface area contributed by atoms with Crippen LogP contribution in [0.4, 0.5) is 18.0 Å². The maximum atomic E-state index is 13.0. The Balaban J connectivity index is 1.81. The zero-order valence-corrected chi connectivity index (χ0v) is 17.4. The normalized spacial score (nSPS) is 18.8. The second kappa shape index (κ2) is 7.56. The first kappa shape index (κ1) is 21.7. The van der Waals surface area contributed by atoms with Gasteiger partial charge in [0.1, 0.15) is 11.6 Å². The van der Waals surface area contributed by atoms with Gasteiger partial charge in [0, 0.05) is 25.9 Å². The molecule has 4 rings (SSSR count). The average molecular weight is 463 g/mol. The first-order valence-corrected chi connectivity index (χ1v) is 9.60. The van der Waals surface area contributed by atoms with Crippen molar-refractivity contribution in [2.45, 2.75) is 12.2 Å². The van der Waals surface area contributed by atoms with Crippen LogP contribution in [0.5, 0.6) is 0 Å². The maximum Gasteiger partial charge on any atom is 0.417 e. The van der Waals surface area contributed by atoms with E-state index in [0.717, 1.165) is 15.9 Å². The van der Waals surface area contributed by atoms with E-state index in [9.17, 15) is 27.6 Å². The molecule has 2 aliphatic rings.